The summed E-state index contributed by atoms with van der Waals surface area (Å²) in [5.74, 6) is 0. The van der Waals surface area contributed by atoms with Crippen molar-refractivity contribution in [1.82, 2.24) is 0 Å². The van der Waals surface area contributed by atoms with Crippen molar-refractivity contribution in [2.45, 2.75) is 152 Å². The van der Waals surface area contributed by atoms with Crippen molar-refractivity contribution >= 4 is 0 Å². The molecule has 0 radical (unpaired) electrons. The Morgan fingerprint density at radius 2 is 0.805 bits per heavy atom. The molecule has 16 atom stereocenters. The van der Waals surface area contributed by atoms with Crippen LogP contribution in [0.4, 0.5) is 0 Å². The maximum Gasteiger partial charge on any atom is 0.161 e. The van der Waals surface area contributed by atoms with Crippen molar-refractivity contribution < 1.29 is 62.3 Å². The Kier molecular flexibility index (Phi) is 12.2. The quantitative estimate of drug-likeness (QED) is 0.373. The molecule has 41 heavy (non-hydrogen) atoms. The van der Waals surface area contributed by atoms with E-state index in [4.69, 9.17) is 52.1 Å². The lowest BCUT2D eigenvalue weighted by molar-refractivity contribution is -0.345. The van der Waals surface area contributed by atoms with Gasteiger partial charge in [0.1, 0.15) is 24.4 Å². The van der Waals surface area contributed by atoms with Crippen LogP contribution in [-0.4, -0.2) is 137 Å². The van der Waals surface area contributed by atoms with Gasteiger partial charge in [0.25, 0.3) is 0 Å². The average Bonchev–Trinajstić information content (AvgIpc) is 2.94. The van der Waals surface area contributed by atoms with Crippen LogP contribution in [0.1, 0.15) is 53.4 Å². The van der Waals surface area contributed by atoms with Crippen molar-refractivity contribution in [2.24, 2.45) is 0 Å². The maximum absolute atomic E-state index is 10.3. The van der Waals surface area contributed by atoms with E-state index in [0.717, 1.165) is 0 Å². The molecule has 240 valence electrons. The number of methoxy groups -OCH3 is 4. The second-order valence-electron chi connectivity index (χ2n) is 11.4. The van der Waals surface area contributed by atoms with Gasteiger partial charge in [0, 0.05) is 54.1 Å². The highest BCUT2D eigenvalue weighted by molar-refractivity contribution is 4.90. The molecule has 0 amide bonds. The molecular formula is C28H50O13. The minimum atomic E-state index is -0.891. The lowest BCUT2D eigenvalue weighted by Crippen LogP contribution is -2.57. The largest absolute Gasteiger partial charge is 0.388 e. The van der Waals surface area contributed by atoms with Gasteiger partial charge in [-0.05, 0) is 27.7 Å². The van der Waals surface area contributed by atoms with Gasteiger partial charge < -0.3 is 62.3 Å². The van der Waals surface area contributed by atoms with Gasteiger partial charge in [-0.1, -0.05) is 0 Å². The monoisotopic (exact) mass is 594 g/mol. The molecular weight excluding hydrogens is 544 g/mol. The van der Waals surface area contributed by atoms with Crippen molar-refractivity contribution in [1.29, 1.82) is 0 Å². The summed E-state index contributed by atoms with van der Waals surface area (Å²) < 4.78 is 65.6. The van der Waals surface area contributed by atoms with Crippen molar-refractivity contribution in [3.05, 3.63) is 0 Å². The molecule has 0 aromatic heterocycles. The predicted molar refractivity (Wildman–Crippen MR) is 142 cm³/mol. The Labute approximate surface area is 242 Å². The Hall–Kier alpha value is -0.520. The van der Waals surface area contributed by atoms with Crippen LogP contribution < -0.4 is 0 Å². The third-order valence-electron chi connectivity index (χ3n) is 8.67. The lowest BCUT2D eigenvalue weighted by atomic mass is 9.98. The highest BCUT2D eigenvalue weighted by Crippen LogP contribution is 2.35. The van der Waals surface area contributed by atoms with Gasteiger partial charge >= 0.3 is 0 Å². The van der Waals surface area contributed by atoms with Crippen LogP contribution in [0.2, 0.25) is 0 Å². The Bertz CT molecular complexity index is 790. The SMILES string of the molecule is CO[C@H]1CC(O)O[C@H](C)[C@H]1O[C@H]1C[C@H](OC)[C@H](O[C@H]2C[C@@H](OC)[C@H](O[C@H]3C[C@@H](OC)[C@H](O)[C@@H](C)O3)[C@@H](C)O2)[C@@H](C)O1. The standard InChI is InChI=1S/C28H50O13/c1-13-25(30)17(31-5)10-22(36-13)39-27-15(3)38-24(12-19(27)33-7)41-28-16(4)37-23(11-20(28)34-8)40-26-14(2)35-21(29)9-18(26)32-6/h13-30H,9-12H2,1-8H3/t13-,14-,15-,16-,17-,18+,19-,20+,21?,22+,23+,24+,25-,26-,27-,28-/m1/s1. The molecule has 4 rings (SSSR count). The van der Waals surface area contributed by atoms with E-state index in [2.05, 4.69) is 0 Å². The Morgan fingerprint density at radius 1 is 0.463 bits per heavy atom. The minimum Gasteiger partial charge on any atom is -0.388 e. The molecule has 4 aliphatic rings. The summed E-state index contributed by atoms with van der Waals surface area (Å²) in [7, 11) is 6.43. The summed E-state index contributed by atoms with van der Waals surface area (Å²) in [4.78, 5) is 0. The van der Waals surface area contributed by atoms with Gasteiger partial charge in [-0.15, -0.1) is 0 Å². The molecule has 0 aromatic rings. The van der Waals surface area contributed by atoms with Gasteiger partial charge in [-0.3, -0.25) is 0 Å². The van der Waals surface area contributed by atoms with E-state index in [1.54, 1.807) is 35.4 Å². The van der Waals surface area contributed by atoms with E-state index >= 15 is 0 Å². The van der Waals surface area contributed by atoms with E-state index in [0.29, 0.717) is 25.7 Å². The summed E-state index contributed by atoms with van der Waals surface area (Å²) in [6.07, 6.45) is -5.86. The molecule has 13 nitrogen and oxygen atoms in total. The second kappa shape index (κ2) is 15.0. The summed E-state index contributed by atoms with van der Waals surface area (Å²) in [5, 5.41) is 20.2. The third kappa shape index (κ3) is 7.96. The van der Waals surface area contributed by atoms with E-state index in [1.807, 2.05) is 20.8 Å². The first-order chi connectivity index (χ1) is 19.6. The fraction of sp³-hybridized carbons (Fsp3) is 1.00. The highest BCUT2D eigenvalue weighted by atomic mass is 16.8. The molecule has 0 aliphatic carbocycles. The zero-order valence-corrected chi connectivity index (χ0v) is 25.5. The number of aliphatic hydroxyl groups is 2. The molecule has 4 fully saturated rings. The van der Waals surface area contributed by atoms with Crippen LogP contribution in [0.25, 0.3) is 0 Å². The topological polar surface area (TPSA) is 142 Å². The molecule has 4 saturated heterocycles. The Morgan fingerprint density at radius 3 is 1.22 bits per heavy atom. The Balaban J connectivity index is 1.33. The molecule has 4 aliphatic heterocycles. The van der Waals surface area contributed by atoms with E-state index in [9.17, 15) is 10.2 Å². The zero-order chi connectivity index (χ0) is 29.8. The first-order valence-electron chi connectivity index (χ1n) is 14.6. The lowest BCUT2D eigenvalue weighted by Gasteiger charge is -2.46. The third-order valence-corrected chi connectivity index (χ3v) is 8.67. The molecule has 0 bridgehead atoms. The molecule has 0 aromatic carbocycles. The summed E-state index contributed by atoms with van der Waals surface area (Å²) in [5.41, 5.74) is 0. The zero-order valence-electron chi connectivity index (χ0n) is 25.5. The van der Waals surface area contributed by atoms with Crippen LogP contribution in [0, 0.1) is 0 Å². The molecule has 4 heterocycles. The van der Waals surface area contributed by atoms with Crippen LogP contribution in [-0.2, 0) is 52.1 Å². The molecule has 0 saturated carbocycles. The number of ether oxygens (including phenoxy) is 11. The fourth-order valence-electron chi connectivity index (χ4n) is 6.33. The average molecular weight is 595 g/mol. The normalized spacial score (nSPS) is 49.6. The second-order valence-corrected chi connectivity index (χ2v) is 11.4. The maximum atomic E-state index is 10.3. The van der Waals surface area contributed by atoms with Crippen LogP contribution in [0.15, 0.2) is 0 Å². The minimum absolute atomic E-state index is 0.316. The van der Waals surface area contributed by atoms with Gasteiger partial charge in [-0.2, -0.15) is 0 Å². The molecule has 2 N–H and O–H groups in total. The van der Waals surface area contributed by atoms with Gasteiger partial charge in [0.15, 0.2) is 25.2 Å². The van der Waals surface area contributed by atoms with E-state index < -0.39 is 55.7 Å². The number of aliphatic hydroxyl groups excluding tert-OH is 2. The summed E-state index contributed by atoms with van der Waals surface area (Å²) in [6, 6.07) is 0. The number of rotatable bonds is 10. The fourth-order valence-corrected chi connectivity index (χ4v) is 6.33. The van der Waals surface area contributed by atoms with Crippen LogP contribution in [0.5, 0.6) is 0 Å². The smallest absolute Gasteiger partial charge is 0.161 e. The first-order valence-corrected chi connectivity index (χ1v) is 14.6. The van der Waals surface area contributed by atoms with Crippen molar-refractivity contribution in [2.75, 3.05) is 28.4 Å². The molecule has 1 unspecified atom stereocenters. The summed E-state index contributed by atoms with van der Waals surface area (Å²) >= 11 is 0. The molecule has 0 spiro atoms. The van der Waals surface area contributed by atoms with Crippen LogP contribution >= 0.6 is 0 Å². The number of hydrogen-bond donors (Lipinski definition) is 2. The van der Waals surface area contributed by atoms with E-state index in [-0.39, 0.29) is 42.7 Å². The molecule has 13 heteroatoms. The number of hydrogen-bond acceptors (Lipinski definition) is 13. The highest BCUT2D eigenvalue weighted by Gasteiger charge is 2.47. The van der Waals surface area contributed by atoms with Crippen LogP contribution in [0.3, 0.4) is 0 Å². The van der Waals surface area contributed by atoms with E-state index in [1.165, 1.54) is 0 Å². The van der Waals surface area contributed by atoms with Gasteiger partial charge in [0.2, 0.25) is 0 Å². The first kappa shape index (κ1) is 33.4. The predicted octanol–water partition coefficient (Wildman–Crippen LogP) is 1.09. The van der Waals surface area contributed by atoms with Gasteiger partial charge in [-0.25, -0.2) is 0 Å². The van der Waals surface area contributed by atoms with Crippen molar-refractivity contribution in [3.8, 4) is 0 Å². The van der Waals surface area contributed by atoms with Crippen molar-refractivity contribution in [3.63, 3.8) is 0 Å². The summed E-state index contributed by atoms with van der Waals surface area (Å²) in [6.45, 7) is 7.47. The van der Waals surface area contributed by atoms with Gasteiger partial charge in [0.05, 0.1) is 48.8 Å².